The Balaban J connectivity index is 2.17. The van der Waals surface area contributed by atoms with E-state index in [0.717, 1.165) is 0 Å². The number of halogens is 2. The van der Waals surface area contributed by atoms with Gasteiger partial charge in [0.25, 0.3) is 5.91 Å². The smallest absolute Gasteiger partial charge is 0.274 e. The highest BCUT2D eigenvalue weighted by molar-refractivity contribution is 6.36. The number of amides is 1. The van der Waals surface area contributed by atoms with Crippen LogP contribution in [0.3, 0.4) is 0 Å². The number of hydrogen-bond acceptors (Lipinski definition) is 4. The molecule has 1 aromatic carbocycles. The molecular weight excluding hydrogens is 323 g/mol. The van der Waals surface area contributed by atoms with Gasteiger partial charge in [0.2, 0.25) is 5.95 Å². The van der Waals surface area contributed by atoms with Crippen molar-refractivity contribution in [1.29, 1.82) is 0 Å². The van der Waals surface area contributed by atoms with E-state index in [-0.39, 0.29) is 17.1 Å². The number of nitrogens with zero attached hydrogens (tertiary/aromatic N) is 2. The second-order valence-corrected chi connectivity index (χ2v) is 6.56. The number of hydrogen-bond donors (Lipinski definition) is 2. The summed E-state index contributed by atoms with van der Waals surface area (Å²) in [7, 11) is 0. The van der Waals surface area contributed by atoms with Crippen molar-refractivity contribution in [2.24, 2.45) is 0 Å². The molecule has 0 radical (unpaired) electrons. The van der Waals surface area contributed by atoms with Crippen molar-refractivity contribution < 1.29 is 4.79 Å². The maximum atomic E-state index is 12.2. The lowest BCUT2D eigenvalue weighted by molar-refractivity contribution is 0.102. The standard InChI is InChI=1S/C15H16Cl2N4O/c1-15(2,3)21-14-18-7-6-12(20-14)13(22)19-11-5-4-9(16)8-10(11)17/h4-8H,1-3H3,(H,19,22)(H,18,20,21). The third kappa shape index (κ3) is 4.58. The molecule has 0 atom stereocenters. The molecule has 1 heterocycles. The lowest BCUT2D eigenvalue weighted by atomic mass is 10.1. The fourth-order valence-electron chi connectivity index (χ4n) is 1.66. The van der Waals surface area contributed by atoms with Gasteiger partial charge in [0.15, 0.2) is 0 Å². The van der Waals surface area contributed by atoms with Crippen LogP contribution in [-0.2, 0) is 0 Å². The first-order chi connectivity index (χ1) is 10.2. The maximum Gasteiger partial charge on any atom is 0.274 e. The van der Waals surface area contributed by atoms with E-state index in [4.69, 9.17) is 23.2 Å². The van der Waals surface area contributed by atoms with Gasteiger partial charge in [0.05, 0.1) is 10.7 Å². The van der Waals surface area contributed by atoms with Crippen molar-refractivity contribution >= 4 is 40.7 Å². The Morgan fingerprint density at radius 3 is 2.55 bits per heavy atom. The lowest BCUT2D eigenvalue weighted by Gasteiger charge is -2.20. The lowest BCUT2D eigenvalue weighted by Crippen LogP contribution is -2.28. The van der Waals surface area contributed by atoms with E-state index in [9.17, 15) is 4.79 Å². The van der Waals surface area contributed by atoms with E-state index in [2.05, 4.69) is 20.6 Å². The summed E-state index contributed by atoms with van der Waals surface area (Å²) in [5, 5.41) is 6.67. The van der Waals surface area contributed by atoms with Crippen LogP contribution in [0.15, 0.2) is 30.5 Å². The summed E-state index contributed by atoms with van der Waals surface area (Å²) >= 11 is 11.9. The second kappa shape index (κ2) is 6.50. The molecule has 2 aromatic rings. The molecule has 2 N–H and O–H groups in total. The van der Waals surface area contributed by atoms with Gasteiger partial charge >= 0.3 is 0 Å². The summed E-state index contributed by atoms with van der Waals surface area (Å²) in [6.07, 6.45) is 1.53. The molecule has 0 aliphatic rings. The van der Waals surface area contributed by atoms with Gasteiger partial charge in [-0.25, -0.2) is 9.97 Å². The first-order valence-corrected chi connectivity index (χ1v) is 7.38. The van der Waals surface area contributed by atoms with Gasteiger partial charge in [0, 0.05) is 16.8 Å². The van der Waals surface area contributed by atoms with Gasteiger partial charge in [-0.2, -0.15) is 0 Å². The summed E-state index contributed by atoms with van der Waals surface area (Å²) in [5.74, 6) is 0.0194. The Labute approximate surface area is 139 Å². The molecule has 0 aliphatic carbocycles. The molecule has 116 valence electrons. The van der Waals surface area contributed by atoms with Crippen molar-refractivity contribution in [1.82, 2.24) is 9.97 Å². The molecule has 0 aliphatic heterocycles. The molecule has 0 saturated carbocycles. The minimum absolute atomic E-state index is 0.200. The number of carbonyl (C=O) groups excluding carboxylic acids is 1. The van der Waals surface area contributed by atoms with Gasteiger partial charge in [0.1, 0.15) is 5.69 Å². The van der Waals surface area contributed by atoms with Crippen LogP contribution in [0.2, 0.25) is 10.0 Å². The number of rotatable bonds is 3. The topological polar surface area (TPSA) is 66.9 Å². The Morgan fingerprint density at radius 1 is 1.18 bits per heavy atom. The average Bonchev–Trinajstić information content (AvgIpc) is 2.40. The first-order valence-electron chi connectivity index (χ1n) is 6.62. The molecule has 5 nitrogen and oxygen atoms in total. The van der Waals surface area contributed by atoms with Crippen molar-refractivity contribution in [3.05, 3.63) is 46.2 Å². The van der Waals surface area contributed by atoms with Crippen LogP contribution >= 0.6 is 23.2 Å². The Bertz CT molecular complexity index is 698. The predicted octanol–water partition coefficient (Wildman–Crippen LogP) is 4.25. The highest BCUT2D eigenvalue weighted by Gasteiger charge is 2.14. The van der Waals surface area contributed by atoms with Crippen molar-refractivity contribution in [2.45, 2.75) is 26.3 Å². The normalized spacial score (nSPS) is 11.1. The molecule has 0 spiro atoms. The van der Waals surface area contributed by atoms with E-state index < -0.39 is 0 Å². The molecule has 1 amide bonds. The molecule has 0 saturated heterocycles. The summed E-state index contributed by atoms with van der Waals surface area (Å²) in [6, 6.07) is 6.38. The van der Waals surface area contributed by atoms with E-state index in [1.54, 1.807) is 18.2 Å². The molecule has 22 heavy (non-hydrogen) atoms. The zero-order valence-corrected chi connectivity index (χ0v) is 14.0. The van der Waals surface area contributed by atoms with Crippen molar-refractivity contribution in [3.63, 3.8) is 0 Å². The second-order valence-electron chi connectivity index (χ2n) is 5.72. The molecule has 7 heteroatoms. The average molecular weight is 339 g/mol. The summed E-state index contributed by atoms with van der Waals surface area (Å²) < 4.78 is 0. The summed E-state index contributed by atoms with van der Waals surface area (Å²) in [5.41, 5.74) is 0.516. The van der Waals surface area contributed by atoms with E-state index in [0.29, 0.717) is 21.7 Å². The van der Waals surface area contributed by atoms with E-state index in [1.807, 2.05) is 20.8 Å². The molecule has 0 bridgehead atoms. The Hall–Kier alpha value is -1.85. The minimum atomic E-state index is -0.372. The quantitative estimate of drug-likeness (QED) is 0.877. The summed E-state index contributed by atoms with van der Waals surface area (Å²) in [4.78, 5) is 20.5. The highest BCUT2D eigenvalue weighted by atomic mass is 35.5. The van der Waals surface area contributed by atoms with Crippen LogP contribution in [0.1, 0.15) is 31.3 Å². The van der Waals surface area contributed by atoms with Crippen LogP contribution in [0.25, 0.3) is 0 Å². The van der Waals surface area contributed by atoms with Crippen molar-refractivity contribution in [3.8, 4) is 0 Å². The summed E-state index contributed by atoms with van der Waals surface area (Å²) in [6.45, 7) is 5.95. The number of carbonyl (C=O) groups is 1. The maximum absolute atomic E-state index is 12.2. The van der Waals surface area contributed by atoms with E-state index in [1.165, 1.54) is 12.3 Å². The molecule has 0 unspecified atom stereocenters. The van der Waals surface area contributed by atoms with Gasteiger partial charge < -0.3 is 10.6 Å². The van der Waals surface area contributed by atoms with Gasteiger partial charge in [-0.3, -0.25) is 4.79 Å². The first kappa shape index (κ1) is 16.5. The number of aromatic nitrogens is 2. The Morgan fingerprint density at radius 2 is 1.91 bits per heavy atom. The van der Waals surface area contributed by atoms with Crippen molar-refractivity contribution in [2.75, 3.05) is 10.6 Å². The number of anilines is 2. The van der Waals surface area contributed by atoms with Crippen LogP contribution in [0.4, 0.5) is 11.6 Å². The fourth-order valence-corrected chi connectivity index (χ4v) is 2.11. The highest BCUT2D eigenvalue weighted by Crippen LogP contribution is 2.25. The zero-order valence-electron chi connectivity index (χ0n) is 12.4. The largest absolute Gasteiger partial charge is 0.350 e. The van der Waals surface area contributed by atoms with Gasteiger partial charge in [-0.05, 0) is 45.0 Å². The van der Waals surface area contributed by atoms with Crippen LogP contribution in [0.5, 0.6) is 0 Å². The Kier molecular flexibility index (Phi) is 4.88. The molecule has 0 fully saturated rings. The SMILES string of the molecule is CC(C)(C)Nc1nccc(C(=O)Nc2ccc(Cl)cc2Cl)n1. The third-order valence-corrected chi connectivity index (χ3v) is 3.10. The predicted molar refractivity (Wildman–Crippen MR) is 89.8 cm³/mol. The zero-order chi connectivity index (χ0) is 16.3. The molecular formula is C15H16Cl2N4O. The van der Waals surface area contributed by atoms with E-state index >= 15 is 0 Å². The minimum Gasteiger partial charge on any atom is -0.350 e. The van der Waals surface area contributed by atoms with Crippen LogP contribution in [0, 0.1) is 0 Å². The van der Waals surface area contributed by atoms with Crippen LogP contribution in [-0.4, -0.2) is 21.4 Å². The van der Waals surface area contributed by atoms with Crippen LogP contribution < -0.4 is 10.6 Å². The third-order valence-electron chi connectivity index (χ3n) is 2.55. The molecule has 1 aromatic heterocycles. The number of nitrogens with one attached hydrogen (secondary N) is 2. The van der Waals surface area contributed by atoms with Gasteiger partial charge in [-0.15, -0.1) is 0 Å². The fraction of sp³-hybridized carbons (Fsp3) is 0.267. The van der Waals surface area contributed by atoms with Gasteiger partial charge in [-0.1, -0.05) is 23.2 Å². The monoisotopic (exact) mass is 338 g/mol. The number of benzene rings is 1. The molecule has 2 rings (SSSR count).